The Morgan fingerprint density at radius 2 is 2.00 bits per heavy atom. The van der Waals surface area contributed by atoms with E-state index in [9.17, 15) is 9.90 Å². The molecule has 1 unspecified atom stereocenters. The van der Waals surface area contributed by atoms with Gasteiger partial charge in [0.15, 0.2) is 0 Å². The van der Waals surface area contributed by atoms with Gasteiger partial charge in [0.2, 0.25) is 0 Å². The van der Waals surface area contributed by atoms with Gasteiger partial charge in [-0.25, -0.2) is 4.98 Å². The Balaban J connectivity index is 1.86. The van der Waals surface area contributed by atoms with Crippen LogP contribution in [-0.2, 0) is 11.2 Å². The van der Waals surface area contributed by atoms with Crippen molar-refractivity contribution < 1.29 is 9.90 Å². The monoisotopic (exact) mass is 311 g/mol. The number of aliphatic carboxylic acids is 1. The second-order valence-corrected chi connectivity index (χ2v) is 6.34. The van der Waals surface area contributed by atoms with Crippen molar-refractivity contribution in [2.45, 2.75) is 25.7 Å². The molecule has 0 spiro atoms. The Hall–Kier alpha value is -2.20. The molecule has 4 heteroatoms. The Morgan fingerprint density at radius 1 is 1.23 bits per heavy atom. The molecular weight excluding hydrogens is 294 g/mol. The van der Waals surface area contributed by atoms with Gasteiger partial charge in [0, 0.05) is 4.88 Å². The average Bonchev–Trinajstić information content (AvgIpc) is 2.92. The van der Waals surface area contributed by atoms with Crippen LogP contribution in [0.1, 0.15) is 28.5 Å². The van der Waals surface area contributed by atoms with Crippen LogP contribution in [0, 0.1) is 6.92 Å². The minimum atomic E-state index is -0.766. The average molecular weight is 311 g/mol. The molecule has 1 heterocycles. The molecule has 1 N–H and O–H groups in total. The fraction of sp³-hybridized carbons (Fsp3) is 0.222. The van der Waals surface area contributed by atoms with Crippen molar-refractivity contribution in [1.29, 1.82) is 0 Å². The van der Waals surface area contributed by atoms with E-state index in [0.717, 1.165) is 28.5 Å². The molecule has 0 saturated heterocycles. The van der Waals surface area contributed by atoms with E-state index in [2.05, 4.69) is 4.98 Å². The highest BCUT2D eigenvalue weighted by Gasteiger charge is 2.20. The molecule has 1 atom stereocenters. The maximum absolute atomic E-state index is 11.7. The summed E-state index contributed by atoms with van der Waals surface area (Å²) in [6.07, 6.45) is 1.34. The van der Waals surface area contributed by atoms with E-state index in [1.807, 2.05) is 54.9 Å². The van der Waals surface area contributed by atoms with Crippen molar-refractivity contribution in [2.24, 2.45) is 0 Å². The summed E-state index contributed by atoms with van der Waals surface area (Å²) < 4.78 is 0. The summed E-state index contributed by atoms with van der Waals surface area (Å²) in [5, 5.41) is 11.8. The van der Waals surface area contributed by atoms with Gasteiger partial charge in [0.05, 0.1) is 17.1 Å². The Morgan fingerprint density at radius 3 is 2.68 bits per heavy atom. The summed E-state index contributed by atoms with van der Waals surface area (Å²) >= 11 is 1.60. The lowest BCUT2D eigenvalue weighted by molar-refractivity contribution is -0.138. The number of aryl methyl sites for hydroxylation is 2. The van der Waals surface area contributed by atoms with E-state index >= 15 is 0 Å². The molecule has 1 aromatic heterocycles. The van der Waals surface area contributed by atoms with Crippen LogP contribution in [0.15, 0.2) is 48.0 Å². The number of hydrogen-bond donors (Lipinski definition) is 1. The standard InChI is InChI=1S/C18H17NO2S/c1-12-17(22-11-19-12)9-8-16(18(20)21)15-7-6-13-4-2-3-5-14(13)10-15/h2-7,10-11,16H,8-9H2,1H3,(H,20,21). The summed E-state index contributed by atoms with van der Waals surface area (Å²) in [6.45, 7) is 1.97. The quantitative estimate of drug-likeness (QED) is 0.759. The van der Waals surface area contributed by atoms with Crippen molar-refractivity contribution in [2.75, 3.05) is 0 Å². The van der Waals surface area contributed by atoms with Gasteiger partial charge in [0.1, 0.15) is 0 Å². The van der Waals surface area contributed by atoms with Crippen LogP contribution >= 0.6 is 11.3 Å². The zero-order valence-electron chi connectivity index (χ0n) is 12.3. The van der Waals surface area contributed by atoms with Crippen LogP contribution in [-0.4, -0.2) is 16.1 Å². The van der Waals surface area contributed by atoms with Crippen molar-refractivity contribution in [3.8, 4) is 0 Å². The molecule has 3 rings (SSSR count). The summed E-state index contributed by atoms with van der Waals surface area (Å²) in [5.41, 5.74) is 3.69. The van der Waals surface area contributed by atoms with Crippen LogP contribution in [0.2, 0.25) is 0 Å². The minimum absolute atomic E-state index is 0.480. The van der Waals surface area contributed by atoms with Crippen molar-refractivity contribution in [1.82, 2.24) is 4.98 Å². The van der Waals surface area contributed by atoms with E-state index < -0.39 is 11.9 Å². The van der Waals surface area contributed by atoms with Gasteiger partial charge < -0.3 is 5.11 Å². The fourth-order valence-electron chi connectivity index (χ4n) is 2.70. The lowest BCUT2D eigenvalue weighted by Gasteiger charge is -2.13. The van der Waals surface area contributed by atoms with Crippen LogP contribution in [0.5, 0.6) is 0 Å². The maximum Gasteiger partial charge on any atom is 0.310 e. The third kappa shape index (κ3) is 3.02. The molecule has 3 nitrogen and oxygen atoms in total. The molecule has 0 bridgehead atoms. The smallest absolute Gasteiger partial charge is 0.310 e. The van der Waals surface area contributed by atoms with Crippen LogP contribution in [0.3, 0.4) is 0 Å². The number of nitrogens with zero attached hydrogens (tertiary/aromatic N) is 1. The van der Waals surface area contributed by atoms with Crippen molar-refractivity contribution >= 4 is 28.1 Å². The maximum atomic E-state index is 11.7. The highest BCUT2D eigenvalue weighted by Crippen LogP contribution is 2.27. The number of fused-ring (bicyclic) bond motifs is 1. The predicted molar refractivity (Wildman–Crippen MR) is 89.5 cm³/mol. The van der Waals surface area contributed by atoms with Gasteiger partial charge in [-0.3, -0.25) is 4.79 Å². The van der Waals surface area contributed by atoms with E-state index in [1.54, 1.807) is 11.3 Å². The normalized spacial score (nSPS) is 12.4. The number of carboxylic acids is 1. The molecule has 3 aromatic rings. The topological polar surface area (TPSA) is 50.2 Å². The number of aromatic nitrogens is 1. The van der Waals surface area contributed by atoms with Gasteiger partial charge >= 0.3 is 5.97 Å². The third-order valence-electron chi connectivity index (χ3n) is 3.98. The zero-order valence-corrected chi connectivity index (χ0v) is 13.1. The molecule has 112 valence electrons. The predicted octanol–water partition coefficient (Wildman–Crippen LogP) is 4.41. The highest BCUT2D eigenvalue weighted by molar-refractivity contribution is 7.09. The molecule has 0 aliphatic rings. The van der Waals surface area contributed by atoms with Crippen molar-refractivity contribution in [3.05, 3.63) is 64.1 Å². The SMILES string of the molecule is Cc1ncsc1CCC(C(=O)O)c1ccc2ccccc2c1. The molecule has 2 aromatic carbocycles. The number of carbonyl (C=O) groups is 1. The van der Waals surface area contributed by atoms with Gasteiger partial charge in [0.25, 0.3) is 0 Å². The van der Waals surface area contributed by atoms with E-state index in [1.165, 1.54) is 4.88 Å². The molecule has 0 radical (unpaired) electrons. The molecule has 0 aliphatic heterocycles. The Labute approximate surface area is 133 Å². The summed E-state index contributed by atoms with van der Waals surface area (Å²) in [7, 11) is 0. The van der Waals surface area contributed by atoms with Crippen molar-refractivity contribution in [3.63, 3.8) is 0 Å². The molecular formula is C18H17NO2S. The lowest BCUT2D eigenvalue weighted by atomic mass is 9.92. The number of hydrogen-bond acceptors (Lipinski definition) is 3. The van der Waals surface area contributed by atoms with E-state index in [0.29, 0.717) is 6.42 Å². The third-order valence-corrected chi connectivity index (χ3v) is 4.97. The lowest BCUT2D eigenvalue weighted by Crippen LogP contribution is -2.12. The first-order chi connectivity index (χ1) is 10.6. The first-order valence-electron chi connectivity index (χ1n) is 7.25. The number of rotatable bonds is 5. The molecule has 22 heavy (non-hydrogen) atoms. The van der Waals surface area contributed by atoms with Crippen LogP contribution in [0.25, 0.3) is 10.8 Å². The molecule has 0 saturated carbocycles. The van der Waals surface area contributed by atoms with E-state index in [-0.39, 0.29) is 0 Å². The van der Waals surface area contributed by atoms with Gasteiger partial charge in [-0.05, 0) is 36.1 Å². The summed E-state index contributed by atoms with van der Waals surface area (Å²) in [5.74, 6) is -1.25. The van der Waals surface area contributed by atoms with Gasteiger partial charge in [-0.2, -0.15) is 0 Å². The van der Waals surface area contributed by atoms with Gasteiger partial charge in [-0.1, -0.05) is 42.5 Å². The second kappa shape index (κ2) is 6.28. The molecule has 0 fully saturated rings. The molecule has 0 amide bonds. The highest BCUT2D eigenvalue weighted by atomic mass is 32.1. The zero-order chi connectivity index (χ0) is 15.5. The Bertz CT molecular complexity index is 809. The first kappa shape index (κ1) is 14.7. The van der Waals surface area contributed by atoms with Gasteiger partial charge in [-0.15, -0.1) is 11.3 Å². The minimum Gasteiger partial charge on any atom is -0.481 e. The first-order valence-corrected chi connectivity index (χ1v) is 8.13. The summed E-state index contributed by atoms with van der Waals surface area (Å²) in [6, 6.07) is 13.9. The van der Waals surface area contributed by atoms with Crippen LogP contribution < -0.4 is 0 Å². The van der Waals surface area contributed by atoms with E-state index in [4.69, 9.17) is 0 Å². The summed E-state index contributed by atoms with van der Waals surface area (Å²) in [4.78, 5) is 17.1. The number of thiazole rings is 1. The largest absolute Gasteiger partial charge is 0.481 e. The molecule has 0 aliphatic carbocycles. The second-order valence-electron chi connectivity index (χ2n) is 5.40. The fourth-order valence-corrected chi connectivity index (χ4v) is 3.50. The number of carboxylic acid groups (broad SMARTS) is 1. The number of benzene rings is 2. The van der Waals surface area contributed by atoms with Crippen LogP contribution in [0.4, 0.5) is 0 Å². The Kier molecular flexibility index (Phi) is 4.20.